The molecule has 1 fully saturated rings. The van der Waals surface area contributed by atoms with E-state index in [0.717, 1.165) is 42.0 Å². The van der Waals surface area contributed by atoms with Gasteiger partial charge >= 0.3 is 6.09 Å². The van der Waals surface area contributed by atoms with Crippen molar-refractivity contribution in [3.05, 3.63) is 72.2 Å². The van der Waals surface area contributed by atoms with Crippen LogP contribution in [0.5, 0.6) is 0 Å². The first-order valence-electron chi connectivity index (χ1n) is 11.4. The molecule has 0 unspecified atom stereocenters. The summed E-state index contributed by atoms with van der Waals surface area (Å²) >= 11 is 1.56. The second-order valence-electron chi connectivity index (χ2n) is 9.01. The van der Waals surface area contributed by atoms with E-state index in [9.17, 15) is 4.79 Å². The second-order valence-corrected chi connectivity index (χ2v) is 10.1. The largest absolute Gasteiger partial charge is 0.444 e. The summed E-state index contributed by atoms with van der Waals surface area (Å²) in [6.45, 7) is 8.88. The molecule has 0 bridgehead atoms. The Hall–Kier alpha value is -3.10. The lowest BCUT2D eigenvalue weighted by Gasteiger charge is -2.29. The second kappa shape index (κ2) is 10.9. The number of aromatic nitrogens is 2. The predicted octanol–water partition coefficient (Wildman–Crippen LogP) is 5.40. The van der Waals surface area contributed by atoms with Crippen molar-refractivity contribution in [2.75, 3.05) is 36.5 Å². The lowest BCUT2D eigenvalue weighted by Crippen LogP contribution is -2.36. The fourth-order valence-electron chi connectivity index (χ4n) is 3.54. The molecule has 0 aliphatic carbocycles. The molecule has 34 heavy (non-hydrogen) atoms. The molecule has 3 aromatic rings. The minimum Gasteiger partial charge on any atom is -0.444 e. The van der Waals surface area contributed by atoms with Crippen molar-refractivity contribution in [3.8, 4) is 0 Å². The molecule has 1 aromatic heterocycles. The number of carbonyl (C=O) groups is 1. The van der Waals surface area contributed by atoms with E-state index < -0.39 is 11.7 Å². The third kappa shape index (κ3) is 7.20. The molecule has 0 atom stereocenters. The van der Waals surface area contributed by atoms with Crippen LogP contribution in [0, 0.1) is 0 Å². The first kappa shape index (κ1) is 24.0. The Bertz CT molecular complexity index is 1110. The van der Waals surface area contributed by atoms with Gasteiger partial charge < -0.3 is 14.4 Å². The Morgan fingerprint density at radius 2 is 1.88 bits per heavy atom. The third-order valence-electron chi connectivity index (χ3n) is 5.05. The standard InChI is InChI=1S/C26H30N4O3S/c1-26(2,3)33-25(31)28-20-7-9-22(10-8-20)34-24-11-12-27-23(29-24)18-19-5-4-6-21(17-19)30-13-15-32-16-14-30/h4-12,17H,13-16,18H2,1-3H3,(H,28,31). The van der Waals surface area contributed by atoms with E-state index in [0.29, 0.717) is 12.1 Å². The highest BCUT2D eigenvalue weighted by Gasteiger charge is 2.16. The first-order valence-corrected chi connectivity index (χ1v) is 12.2. The lowest BCUT2D eigenvalue weighted by molar-refractivity contribution is 0.0636. The number of carbonyl (C=O) groups excluding carboxylic acids is 1. The van der Waals surface area contributed by atoms with Gasteiger partial charge in [-0.1, -0.05) is 23.9 Å². The van der Waals surface area contributed by atoms with Crippen molar-refractivity contribution in [2.24, 2.45) is 0 Å². The normalized spacial score (nSPS) is 14.0. The number of rotatable bonds is 6. The Morgan fingerprint density at radius 3 is 2.62 bits per heavy atom. The summed E-state index contributed by atoms with van der Waals surface area (Å²) in [5.74, 6) is 0.785. The van der Waals surface area contributed by atoms with Gasteiger partial charge in [0.05, 0.1) is 13.2 Å². The van der Waals surface area contributed by atoms with E-state index in [1.807, 2.05) is 51.1 Å². The third-order valence-corrected chi connectivity index (χ3v) is 6.00. The smallest absolute Gasteiger partial charge is 0.412 e. The molecule has 2 aromatic carbocycles. The highest BCUT2D eigenvalue weighted by atomic mass is 32.2. The molecule has 178 valence electrons. The number of benzene rings is 2. The van der Waals surface area contributed by atoms with Crippen molar-refractivity contribution < 1.29 is 14.3 Å². The minimum absolute atomic E-state index is 0.467. The molecule has 7 nitrogen and oxygen atoms in total. The summed E-state index contributed by atoms with van der Waals surface area (Å²) in [6.07, 6.45) is 2.01. The van der Waals surface area contributed by atoms with E-state index in [-0.39, 0.29) is 0 Å². The van der Waals surface area contributed by atoms with Crippen molar-refractivity contribution in [3.63, 3.8) is 0 Å². The maximum absolute atomic E-state index is 11.9. The van der Waals surface area contributed by atoms with Gasteiger partial charge in [0.1, 0.15) is 16.5 Å². The zero-order valence-electron chi connectivity index (χ0n) is 19.8. The molecule has 2 heterocycles. The van der Waals surface area contributed by atoms with Gasteiger partial charge in [0.25, 0.3) is 0 Å². The molecule has 4 rings (SSSR count). The van der Waals surface area contributed by atoms with Gasteiger partial charge in [0.15, 0.2) is 0 Å². The van der Waals surface area contributed by atoms with Crippen LogP contribution in [-0.2, 0) is 15.9 Å². The summed E-state index contributed by atoms with van der Waals surface area (Å²) in [4.78, 5) is 24.5. The summed E-state index contributed by atoms with van der Waals surface area (Å²) in [6, 6.07) is 18.1. The molecule has 1 aliphatic heterocycles. The van der Waals surface area contributed by atoms with E-state index in [1.54, 1.807) is 18.0 Å². The van der Waals surface area contributed by atoms with Crippen LogP contribution < -0.4 is 10.2 Å². The van der Waals surface area contributed by atoms with Crippen molar-refractivity contribution in [1.82, 2.24) is 9.97 Å². The van der Waals surface area contributed by atoms with Gasteiger partial charge in [-0.3, -0.25) is 5.32 Å². The zero-order valence-corrected chi connectivity index (χ0v) is 20.6. The Kier molecular flexibility index (Phi) is 7.70. The number of ether oxygens (including phenoxy) is 2. The average Bonchev–Trinajstić information content (AvgIpc) is 2.80. The molecule has 1 saturated heterocycles. The number of amides is 1. The van der Waals surface area contributed by atoms with E-state index >= 15 is 0 Å². The Morgan fingerprint density at radius 1 is 1.12 bits per heavy atom. The van der Waals surface area contributed by atoms with Crippen molar-refractivity contribution >= 4 is 29.2 Å². The highest BCUT2D eigenvalue weighted by molar-refractivity contribution is 7.99. The van der Waals surface area contributed by atoms with Crippen LogP contribution in [0.2, 0.25) is 0 Å². The van der Waals surface area contributed by atoms with Crippen LogP contribution in [0.1, 0.15) is 32.2 Å². The van der Waals surface area contributed by atoms with Gasteiger partial charge in [-0.25, -0.2) is 14.8 Å². The molecular weight excluding hydrogens is 448 g/mol. The SMILES string of the molecule is CC(C)(C)OC(=O)Nc1ccc(Sc2ccnc(Cc3cccc(N4CCOCC4)c3)n2)cc1. The van der Waals surface area contributed by atoms with Crippen molar-refractivity contribution in [2.45, 2.75) is 42.7 Å². The number of morpholine rings is 1. The summed E-state index contributed by atoms with van der Waals surface area (Å²) in [5, 5.41) is 3.62. The molecule has 1 aliphatic rings. The molecular formula is C26H30N4O3S. The molecule has 0 radical (unpaired) electrons. The van der Waals surface area contributed by atoms with Crippen LogP contribution in [-0.4, -0.2) is 48.0 Å². The molecule has 1 N–H and O–H groups in total. The first-order chi connectivity index (χ1) is 16.3. The maximum Gasteiger partial charge on any atom is 0.412 e. The van der Waals surface area contributed by atoms with Crippen molar-refractivity contribution in [1.29, 1.82) is 0 Å². The summed E-state index contributed by atoms with van der Waals surface area (Å²) < 4.78 is 10.8. The number of nitrogens with one attached hydrogen (secondary N) is 1. The Balaban J connectivity index is 1.37. The van der Waals surface area contributed by atoms with Crippen LogP contribution in [0.25, 0.3) is 0 Å². The van der Waals surface area contributed by atoms with Gasteiger partial charge in [-0.05, 0) is 68.8 Å². The van der Waals surface area contributed by atoms with E-state index in [1.165, 1.54) is 11.3 Å². The van der Waals surface area contributed by atoms with Gasteiger partial charge in [0, 0.05) is 42.0 Å². The highest BCUT2D eigenvalue weighted by Crippen LogP contribution is 2.27. The van der Waals surface area contributed by atoms with E-state index in [2.05, 4.69) is 39.5 Å². The van der Waals surface area contributed by atoms with Crippen LogP contribution in [0.15, 0.2) is 70.7 Å². The monoisotopic (exact) mass is 478 g/mol. The summed E-state index contributed by atoms with van der Waals surface area (Å²) in [5.41, 5.74) is 2.55. The fourth-order valence-corrected chi connectivity index (χ4v) is 4.33. The fraction of sp³-hybridized carbons (Fsp3) is 0.346. The number of hydrogen-bond donors (Lipinski definition) is 1. The molecule has 1 amide bonds. The Labute approximate surface area is 204 Å². The molecule has 8 heteroatoms. The average molecular weight is 479 g/mol. The van der Waals surface area contributed by atoms with Gasteiger partial charge in [-0.15, -0.1) is 0 Å². The topological polar surface area (TPSA) is 76.6 Å². The van der Waals surface area contributed by atoms with Crippen LogP contribution >= 0.6 is 11.8 Å². The number of anilines is 2. The zero-order chi connectivity index (χ0) is 24.0. The van der Waals surface area contributed by atoms with Crippen LogP contribution in [0.4, 0.5) is 16.2 Å². The van der Waals surface area contributed by atoms with Gasteiger partial charge in [-0.2, -0.15) is 0 Å². The van der Waals surface area contributed by atoms with Gasteiger partial charge in [0.2, 0.25) is 0 Å². The quantitative estimate of drug-likeness (QED) is 0.475. The summed E-state index contributed by atoms with van der Waals surface area (Å²) in [7, 11) is 0. The predicted molar refractivity (Wildman–Crippen MR) is 135 cm³/mol. The minimum atomic E-state index is -0.533. The molecule has 0 spiro atoms. The van der Waals surface area contributed by atoms with Crippen LogP contribution in [0.3, 0.4) is 0 Å². The molecule has 0 saturated carbocycles. The number of nitrogens with zero attached hydrogens (tertiary/aromatic N) is 3. The van der Waals surface area contributed by atoms with E-state index in [4.69, 9.17) is 14.5 Å². The maximum atomic E-state index is 11.9. The number of hydrogen-bond acceptors (Lipinski definition) is 7. The lowest BCUT2D eigenvalue weighted by atomic mass is 10.1.